The van der Waals surface area contributed by atoms with Crippen molar-refractivity contribution in [3.8, 4) is 0 Å². The molecule has 1 N–H and O–H groups in total. The number of rotatable bonds is 4. The van der Waals surface area contributed by atoms with Crippen molar-refractivity contribution in [2.45, 2.75) is 38.8 Å². The van der Waals surface area contributed by atoms with E-state index in [1.807, 2.05) is 6.07 Å². The molecule has 104 valence electrons. The standard InChI is InChI=1S/C18H20FN/c1-2-13-5-3-4-6-15(13)12-20-18-10-7-14-11-16(19)8-9-17(14)18/h3-6,8-9,11,18,20H,2,7,10,12H2,1H3. The van der Waals surface area contributed by atoms with Gasteiger partial charge in [-0.3, -0.25) is 0 Å². The Balaban J connectivity index is 1.72. The van der Waals surface area contributed by atoms with Crippen molar-refractivity contribution in [2.75, 3.05) is 0 Å². The average Bonchev–Trinajstić information content (AvgIpc) is 2.87. The Labute approximate surface area is 119 Å². The Morgan fingerprint density at radius 3 is 2.75 bits per heavy atom. The van der Waals surface area contributed by atoms with Crippen molar-refractivity contribution in [1.29, 1.82) is 0 Å². The van der Waals surface area contributed by atoms with E-state index in [-0.39, 0.29) is 5.82 Å². The SMILES string of the molecule is CCc1ccccc1CNC1CCc2cc(F)ccc21. The molecule has 1 atom stereocenters. The van der Waals surface area contributed by atoms with Gasteiger partial charge in [0.15, 0.2) is 0 Å². The van der Waals surface area contributed by atoms with Gasteiger partial charge >= 0.3 is 0 Å². The summed E-state index contributed by atoms with van der Waals surface area (Å²) < 4.78 is 13.2. The third-order valence-corrected chi connectivity index (χ3v) is 4.22. The van der Waals surface area contributed by atoms with Crippen LogP contribution in [0.5, 0.6) is 0 Å². The van der Waals surface area contributed by atoms with Crippen molar-refractivity contribution in [3.63, 3.8) is 0 Å². The summed E-state index contributed by atoms with van der Waals surface area (Å²) in [6.07, 6.45) is 3.09. The molecule has 1 aliphatic carbocycles. The highest BCUT2D eigenvalue weighted by Crippen LogP contribution is 2.31. The highest BCUT2D eigenvalue weighted by molar-refractivity contribution is 5.35. The lowest BCUT2D eigenvalue weighted by atomic mass is 10.0. The highest BCUT2D eigenvalue weighted by atomic mass is 19.1. The Morgan fingerprint density at radius 2 is 1.95 bits per heavy atom. The molecule has 0 saturated heterocycles. The largest absolute Gasteiger partial charge is 0.306 e. The second kappa shape index (κ2) is 5.76. The number of hydrogen-bond acceptors (Lipinski definition) is 1. The number of nitrogens with one attached hydrogen (secondary N) is 1. The van der Waals surface area contributed by atoms with E-state index in [2.05, 4.69) is 36.5 Å². The topological polar surface area (TPSA) is 12.0 Å². The Morgan fingerprint density at radius 1 is 1.15 bits per heavy atom. The normalized spacial score (nSPS) is 17.2. The third-order valence-electron chi connectivity index (χ3n) is 4.22. The Hall–Kier alpha value is -1.67. The van der Waals surface area contributed by atoms with E-state index in [0.717, 1.165) is 31.4 Å². The van der Waals surface area contributed by atoms with Crippen LogP contribution in [0.3, 0.4) is 0 Å². The number of aryl methyl sites for hydroxylation is 2. The first kappa shape index (κ1) is 13.3. The molecule has 0 amide bonds. The van der Waals surface area contributed by atoms with Crippen molar-refractivity contribution >= 4 is 0 Å². The van der Waals surface area contributed by atoms with Crippen LogP contribution >= 0.6 is 0 Å². The molecule has 0 saturated carbocycles. The Kier molecular flexibility index (Phi) is 3.83. The smallest absolute Gasteiger partial charge is 0.123 e. The fourth-order valence-corrected chi connectivity index (χ4v) is 3.11. The number of halogens is 1. The highest BCUT2D eigenvalue weighted by Gasteiger charge is 2.22. The molecule has 2 aromatic rings. The molecule has 0 aliphatic heterocycles. The summed E-state index contributed by atoms with van der Waals surface area (Å²) in [6.45, 7) is 3.07. The monoisotopic (exact) mass is 269 g/mol. The van der Waals surface area contributed by atoms with Crippen molar-refractivity contribution < 1.29 is 4.39 Å². The minimum atomic E-state index is -0.124. The summed E-state index contributed by atoms with van der Waals surface area (Å²) in [4.78, 5) is 0. The molecule has 3 rings (SSSR count). The predicted molar refractivity (Wildman–Crippen MR) is 80.1 cm³/mol. The molecule has 2 aromatic carbocycles. The van der Waals surface area contributed by atoms with E-state index in [4.69, 9.17) is 0 Å². The number of benzene rings is 2. The minimum Gasteiger partial charge on any atom is -0.306 e. The van der Waals surface area contributed by atoms with Gasteiger partial charge in [-0.1, -0.05) is 37.3 Å². The summed E-state index contributed by atoms with van der Waals surface area (Å²) in [5, 5.41) is 3.63. The molecule has 0 aromatic heterocycles. The molecule has 2 heteroatoms. The molecular formula is C18H20FN. The lowest BCUT2D eigenvalue weighted by Gasteiger charge is -2.16. The van der Waals surface area contributed by atoms with E-state index in [1.165, 1.54) is 16.7 Å². The van der Waals surface area contributed by atoms with Crippen LogP contribution in [0.1, 0.15) is 41.6 Å². The first-order chi connectivity index (χ1) is 9.78. The summed E-state index contributed by atoms with van der Waals surface area (Å²) >= 11 is 0. The fourth-order valence-electron chi connectivity index (χ4n) is 3.11. The zero-order chi connectivity index (χ0) is 13.9. The van der Waals surface area contributed by atoms with Gasteiger partial charge < -0.3 is 5.32 Å². The first-order valence-corrected chi connectivity index (χ1v) is 7.36. The van der Waals surface area contributed by atoms with Crippen LogP contribution in [0.25, 0.3) is 0 Å². The second-order valence-electron chi connectivity index (χ2n) is 5.44. The van der Waals surface area contributed by atoms with E-state index < -0.39 is 0 Å². The fraction of sp³-hybridized carbons (Fsp3) is 0.333. The van der Waals surface area contributed by atoms with Crippen LogP contribution in [0.15, 0.2) is 42.5 Å². The van der Waals surface area contributed by atoms with E-state index in [1.54, 1.807) is 12.1 Å². The zero-order valence-corrected chi connectivity index (χ0v) is 11.8. The molecule has 0 heterocycles. The van der Waals surface area contributed by atoms with E-state index in [9.17, 15) is 4.39 Å². The van der Waals surface area contributed by atoms with Gasteiger partial charge in [0.1, 0.15) is 5.82 Å². The van der Waals surface area contributed by atoms with Gasteiger partial charge in [-0.25, -0.2) is 4.39 Å². The summed E-state index contributed by atoms with van der Waals surface area (Å²) in [7, 11) is 0. The molecular weight excluding hydrogens is 249 g/mol. The third kappa shape index (κ3) is 2.61. The Bertz CT molecular complexity index is 606. The van der Waals surface area contributed by atoms with Gasteiger partial charge in [-0.05, 0) is 53.6 Å². The van der Waals surface area contributed by atoms with Crippen LogP contribution in [-0.2, 0) is 19.4 Å². The van der Waals surface area contributed by atoms with E-state index in [0.29, 0.717) is 6.04 Å². The summed E-state index contributed by atoms with van der Waals surface area (Å²) in [5.41, 5.74) is 5.19. The van der Waals surface area contributed by atoms with Gasteiger partial charge in [0.2, 0.25) is 0 Å². The molecule has 20 heavy (non-hydrogen) atoms. The average molecular weight is 269 g/mol. The molecule has 1 aliphatic rings. The lowest BCUT2D eigenvalue weighted by molar-refractivity contribution is 0.528. The van der Waals surface area contributed by atoms with Crippen LogP contribution in [0.4, 0.5) is 4.39 Å². The molecule has 0 spiro atoms. The maximum absolute atomic E-state index is 13.2. The molecule has 0 radical (unpaired) electrons. The van der Waals surface area contributed by atoms with E-state index >= 15 is 0 Å². The number of fused-ring (bicyclic) bond motifs is 1. The first-order valence-electron chi connectivity index (χ1n) is 7.36. The second-order valence-corrected chi connectivity index (χ2v) is 5.44. The van der Waals surface area contributed by atoms with Gasteiger partial charge in [-0.2, -0.15) is 0 Å². The molecule has 1 unspecified atom stereocenters. The van der Waals surface area contributed by atoms with Gasteiger partial charge in [0.05, 0.1) is 0 Å². The van der Waals surface area contributed by atoms with Crippen molar-refractivity contribution in [1.82, 2.24) is 5.32 Å². The predicted octanol–water partition coefficient (Wildman–Crippen LogP) is 4.17. The maximum atomic E-state index is 13.2. The van der Waals surface area contributed by atoms with Crippen LogP contribution in [-0.4, -0.2) is 0 Å². The molecule has 0 bridgehead atoms. The van der Waals surface area contributed by atoms with Crippen LogP contribution < -0.4 is 5.32 Å². The van der Waals surface area contributed by atoms with Crippen molar-refractivity contribution in [3.05, 3.63) is 70.5 Å². The van der Waals surface area contributed by atoms with Gasteiger partial charge in [-0.15, -0.1) is 0 Å². The molecule has 0 fully saturated rings. The lowest BCUT2D eigenvalue weighted by Crippen LogP contribution is -2.19. The summed E-state index contributed by atoms with van der Waals surface area (Å²) in [5.74, 6) is -0.124. The van der Waals surface area contributed by atoms with Gasteiger partial charge in [0.25, 0.3) is 0 Å². The quantitative estimate of drug-likeness (QED) is 0.878. The van der Waals surface area contributed by atoms with Crippen molar-refractivity contribution in [2.24, 2.45) is 0 Å². The van der Waals surface area contributed by atoms with Gasteiger partial charge in [0, 0.05) is 12.6 Å². The molecule has 1 nitrogen and oxygen atoms in total. The summed E-state index contributed by atoms with van der Waals surface area (Å²) in [6, 6.07) is 14.1. The number of hydrogen-bond donors (Lipinski definition) is 1. The minimum absolute atomic E-state index is 0.124. The zero-order valence-electron chi connectivity index (χ0n) is 11.8. The maximum Gasteiger partial charge on any atom is 0.123 e. The van der Waals surface area contributed by atoms with Crippen LogP contribution in [0, 0.1) is 5.82 Å². The van der Waals surface area contributed by atoms with Crippen LogP contribution in [0.2, 0.25) is 0 Å².